The first-order chi connectivity index (χ1) is 7.38. The van der Waals surface area contributed by atoms with Gasteiger partial charge < -0.3 is 9.80 Å². The highest BCUT2D eigenvalue weighted by atomic mass is 35.5. The van der Waals surface area contributed by atoms with Crippen molar-refractivity contribution in [3.63, 3.8) is 0 Å². The zero-order chi connectivity index (χ0) is 12.1. The Morgan fingerprint density at radius 1 is 1.50 bits per heavy atom. The highest BCUT2D eigenvalue weighted by Crippen LogP contribution is 2.40. The molecule has 2 rings (SSSR count). The molecule has 2 atom stereocenters. The van der Waals surface area contributed by atoms with E-state index in [1.165, 1.54) is 0 Å². The molecule has 0 aromatic heterocycles. The molecule has 16 heavy (non-hydrogen) atoms. The van der Waals surface area contributed by atoms with Gasteiger partial charge in [0.15, 0.2) is 4.84 Å². The molecule has 0 aromatic carbocycles. The summed E-state index contributed by atoms with van der Waals surface area (Å²) in [7, 11) is 0. The minimum atomic E-state index is -1.05. The van der Waals surface area contributed by atoms with Gasteiger partial charge in [0.25, 0.3) is 5.91 Å². The van der Waals surface area contributed by atoms with Crippen LogP contribution in [0, 0.1) is 5.92 Å². The van der Waals surface area contributed by atoms with E-state index >= 15 is 0 Å². The quantitative estimate of drug-likeness (QED) is 0.669. The van der Waals surface area contributed by atoms with E-state index in [-0.39, 0.29) is 17.7 Å². The average molecular weight is 265 g/mol. The normalized spacial score (nSPS) is 33.8. The predicted molar refractivity (Wildman–Crippen MR) is 61.1 cm³/mol. The molecule has 2 saturated heterocycles. The van der Waals surface area contributed by atoms with Crippen LogP contribution in [-0.4, -0.2) is 45.2 Å². The average Bonchev–Trinajstić information content (AvgIpc) is 2.62. The van der Waals surface area contributed by atoms with E-state index in [1.54, 1.807) is 9.80 Å². The van der Waals surface area contributed by atoms with Crippen LogP contribution in [-0.2, 0) is 9.59 Å². The molecule has 6 heteroatoms. The molecular weight excluding hydrogens is 251 g/mol. The van der Waals surface area contributed by atoms with E-state index in [0.29, 0.717) is 19.5 Å². The summed E-state index contributed by atoms with van der Waals surface area (Å²) in [4.78, 5) is 26.0. The molecule has 2 aliphatic rings. The van der Waals surface area contributed by atoms with Gasteiger partial charge in [0.1, 0.15) is 5.66 Å². The highest BCUT2D eigenvalue weighted by Gasteiger charge is 2.55. The third-order valence-corrected chi connectivity index (χ3v) is 3.92. The van der Waals surface area contributed by atoms with Crippen LogP contribution in [0.4, 0.5) is 0 Å². The number of hydrogen-bond acceptors (Lipinski definition) is 2. The van der Waals surface area contributed by atoms with E-state index in [1.807, 2.05) is 13.8 Å². The van der Waals surface area contributed by atoms with Crippen molar-refractivity contribution in [1.29, 1.82) is 0 Å². The van der Waals surface area contributed by atoms with Crippen LogP contribution in [0.15, 0.2) is 0 Å². The molecule has 4 nitrogen and oxygen atoms in total. The maximum atomic E-state index is 11.9. The van der Waals surface area contributed by atoms with E-state index in [2.05, 4.69) is 0 Å². The van der Waals surface area contributed by atoms with Crippen LogP contribution >= 0.6 is 23.2 Å². The largest absolute Gasteiger partial charge is 0.318 e. The Kier molecular flexibility index (Phi) is 2.83. The maximum absolute atomic E-state index is 11.9. The number of nitrogens with zero attached hydrogens (tertiary/aromatic N) is 2. The Hall–Kier alpha value is -0.480. The first-order valence-electron chi connectivity index (χ1n) is 5.29. The molecule has 2 amide bonds. The number of fused-ring (bicyclic) bond motifs is 1. The summed E-state index contributed by atoms with van der Waals surface area (Å²) < 4.78 is 0. The van der Waals surface area contributed by atoms with Crippen molar-refractivity contribution in [2.24, 2.45) is 5.92 Å². The summed E-state index contributed by atoms with van der Waals surface area (Å²) in [6, 6.07) is 0. The van der Waals surface area contributed by atoms with Gasteiger partial charge in [-0.1, -0.05) is 30.1 Å². The number of hydrogen-bond donors (Lipinski definition) is 0. The van der Waals surface area contributed by atoms with E-state index in [4.69, 9.17) is 23.2 Å². The molecule has 0 radical (unpaired) electrons. The summed E-state index contributed by atoms with van der Waals surface area (Å²) in [5, 5.41) is 0. The van der Waals surface area contributed by atoms with Gasteiger partial charge in [-0.15, -0.1) is 0 Å². The summed E-state index contributed by atoms with van der Waals surface area (Å²) in [5.74, 6) is -0.238. The van der Waals surface area contributed by atoms with E-state index in [0.717, 1.165) is 0 Å². The predicted octanol–water partition coefficient (Wildman–Crippen LogP) is 1.22. The van der Waals surface area contributed by atoms with Crippen molar-refractivity contribution < 1.29 is 9.59 Å². The monoisotopic (exact) mass is 264 g/mol. The Labute approximate surface area is 104 Å². The maximum Gasteiger partial charge on any atom is 0.257 e. The number of carbonyl (C=O) groups excluding carboxylic acids is 2. The number of amides is 2. The first-order valence-corrected chi connectivity index (χ1v) is 6.16. The lowest BCUT2D eigenvalue weighted by atomic mass is 10.0. The second kappa shape index (κ2) is 3.77. The molecule has 0 aliphatic carbocycles. The van der Waals surface area contributed by atoms with Gasteiger partial charge >= 0.3 is 0 Å². The Bertz CT molecular complexity index is 348. The van der Waals surface area contributed by atoms with Crippen LogP contribution in [0.2, 0.25) is 0 Å². The zero-order valence-electron chi connectivity index (χ0n) is 9.24. The summed E-state index contributed by atoms with van der Waals surface area (Å²) >= 11 is 11.2. The van der Waals surface area contributed by atoms with Crippen LogP contribution in [0.5, 0.6) is 0 Å². The molecule has 90 valence electrons. The zero-order valence-corrected chi connectivity index (χ0v) is 10.8. The van der Waals surface area contributed by atoms with Crippen molar-refractivity contribution >= 4 is 35.0 Å². The van der Waals surface area contributed by atoms with Crippen molar-refractivity contribution in [3.05, 3.63) is 0 Å². The van der Waals surface area contributed by atoms with Gasteiger partial charge in [-0.05, 0) is 6.92 Å². The molecule has 2 aliphatic heterocycles. The first kappa shape index (κ1) is 12.0. The Morgan fingerprint density at radius 3 is 2.69 bits per heavy atom. The highest BCUT2D eigenvalue weighted by molar-refractivity contribution is 6.53. The fourth-order valence-electron chi connectivity index (χ4n) is 2.79. The summed E-state index contributed by atoms with van der Waals surface area (Å²) in [6.07, 6.45) is 0.651. The topological polar surface area (TPSA) is 40.6 Å². The molecule has 2 fully saturated rings. The fourth-order valence-corrected chi connectivity index (χ4v) is 3.03. The number of alkyl halides is 2. The lowest BCUT2D eigenvalue weighted by Crippen LogP contribution is -2.51. The number of halogens is 2. The molecule has 0 saturated carbocycles. The van der Waals surface area contributed by atoms with Crippen molar-refractivity contribution in [1.82, 2.24) is 9.80 Å². The van der Waals surface area contributed by atoms with Crippen molar-refractivity contribution in [2.45, 2.75) is 30.8 Å². The molecule has 0 bridgehead atoms. The van der Waals surface area contributed by atoms with E-state index < -0.39 is 10.5 Å². The van der Waals surface area contributed by atoms with Gasteiger partial charge in [-0.2, -0.15) is 0 Å². The second-order valence-electron chi connectivity index (χ2n) is 4.60. The van der Waals surface area contributed by atoms with Crippen LogP contribution in [0.3, 0.4) is 0 Å². The third-order valence-electron chi connectivity index (χ3n) is 3.54. The minimum Gasteiger partial charge on any atom is -0.318 e. The molecule has 0 aromatic rings. The van der Waals surface area contributed by atoms with E-state index in [9.17, 15) is 9.59 Å². The van der Waals surface area contributed by atoms with Gasteiger partial charge in [0.05, 0.1) is 0 Å². The van der Waals surface area contributed by atoms with Crippen LogP contribution < -0.4 is 0 Å². The minimum absolute atomic E-state index is 0.0373. The molecule has 2 heterocycles. The fraction of sp³-hybridized carbons (Fsp3) is 0.800. The standard InChI is InChI=1S/C10H14Cl2N2O2/c1-6-5-10(2)13(8(6)15)3-4-14(10)9(16)7(11)12/h6-7H,3-5H2,1-2H3. The molecule has 0 spiro atoms. The summed E-state index contributed by atoms with van der Waals surface area (Å²) in [5.41, 5.74) is -0.532. The number of carbonyl (C=O) groups is 2. The van der Waals surface area contributed by atoms with Crippen molar-refractivity contribution in [2.75, 3.05) is 13.1 Å². The lowest BCUT2D eigenvalue weighted by molar-refractivity contribution is -0.139. The van der Waals surface area contributed by atoms with Gasteiger partial charge in [0, 0.05) is 25.4 Å². The van der Waals surface area contributed by atoms with Gasteiger partial charge in [-0.25, -0.2) is 0 Å². The summed E-state index contributed by atoms with van der Waals surface area (Å²) in [6.45, 7) is 4.87. The lowest BCUT2D eigenvalue weighted by Gasteiger charge is -2.36. The third kappa shape index (κ3) is 1.51. The second-order valence-corrected chi connectivity index (χ2v) is 5.70. The van der Waals surface area contributed by atoms with Crippen LogP contribution in [0.25, 0.3) is 0 Å². The van der Waals surface area contributed by atoms with Crippen molar-refractivity contribution in [3.8, 4) is 0 Å². The van der Waals surface area contributed by atoms with Crippen LogP contribution in [0.1, 0.15) is 20.3 Å². The molecule has 0 N–H and O–H groups in total. The molecule has 2 unspecified atom stereocenters. The Morgan fingerprint density at radius 2 is 2.12 bits per heavy atom. The Balaban J connectivity index is 2.27. The molecular formula is C10H14Cl2N2O2. The smallest absolute Gasteiger partial charge is 0.257 e. The van der Waals surface area contributed by atoms with Gasteiger partial charge in [0.2, 0.25) is 5.91 Å². The van der Waals surface area contributed by atoms with Gasteiger partial charge in [-0.3, -0.25) is 9.59 Å². The number of rotatable bonds is 1. The SMILES string of the molecule is CC1CC2(C)N(C(=O)C(Cl)Cl)CCN2C1=O.